The fourth-order valence-corrected chi connectivity index (χ4v) is 2.29. The van der Waals surface area contributed by atoms with Crippen molar-refractivity contribution in [1.82, 2.24) is 0 Å². The average molecular weight is 343 g/mol. The number of benzene rings is 2. The Morgan fingerprint density at radius 3 is 2.00 bits per heavy atom. The van der Waals surface area contributed by atoms with Crippen molar-refractivity contribution in [3.8, 4) is 11.5 Å². The van der Waals surface area contributed by atoms with Crippen molar-refractivity contribution in [3.05, 3.63) is 54.1 Å². The monoisotopic (exact) mass is 343 g/mol. The molecule has 0 spiro atoms. The van der Waals surface area contributed by atoms with Crippen LogP contribution in [-0.4, -0.2) is 16.1 Å². The number of phenolic OH excluding ortho intramolecular Hbond substituents is 2. The van der Waals surface area contributed by atoms with Gasteiger partial charge in [-0.25, -0.2) is 0 Å². The minimum absolute atomic E-state index is 0.0845. The second kappa shape index (κ2) is 12.0. The van der Waals surface area contributed by atoms with E-state index in [1.807, 2.05) is 6.07 Å². The Morgan fingerprint density at radius 1 is 0.880 bits per heavy atom. The molecule has 2 aromatic carbocycles. The first-order valence-electron chi connectivity index (χ1n) is 8.96. The standard InChI is InChI=1S/C13H11NO3.C8H18/c15-10-6-7-11(12(16)8-10)13(17)14-9-4-2-1-3-5-9;1-3-5-7-8-6-4-2/h1-8,15-16H,(H,14,17);3-8H2,1-2H3. The van der Waals surface area contributed by atoms with E-state index in [2.05, 4.69) is 19.2 Å². The van der Waals surface area contributed by atoms with Crippen molar-refractivity contribution in [2.45, 2.75) is 52.4 Å². The molecule has 4 heteroatoms. The minimum Gasteiger partial charge on any atom is -0.508 e. The number of amides is 1. The first-order chi connectivity index (χ1) is 12.1. The first-order valence-corrected chi connectivity index (χ1v) is 8.96. The molecule has 2 rings (SSSR count). The third-order valence-corrected chi connectivity index (χ3v) is 3.71. The Balaban J connectivity index is 0.000000333. The van der Waals surface area contributed by atoms with Crippen molar-refractivity contribution < 1.29 is 15.0 Å². The van der Waals surface area contributed by atoms with Crippen LogP contribution in [-0.2, 0) is 0 Å². The van der Waals surface area contributed by atoms with E-state index in [-0.39, 0.29) is 17.1 Å². The number of rotatable bonds is 7. The summed E-state index contributed by atoms with van der Waals surface area (Å²) in [5, 5.41) is 21.3. The maximum atomic E-state index is 11.8. The van der Waals surface area contributed by atoms with E-state index in [9.17, 15) is 9.90 Å². The summed E-state index contributed by atoms with van der Waals surface area (Å²) in [7, 11) is 0. The molecule has 0 unspecified atom stereocenters. The molecule has 1 amide bonds. The van der Waals surface area contributed by atoms with E-state index < -0.39 is 5.91 Å². The lowest BCUT2D eigenvalue weighted by Crippen LogP contribution is -2.11. The summed E-state index contributed by atoms with van der Waals surface area (Å²) in [6.45, 7) is 4.51. The molecule has 0 radical (unpaired) electrons. The van der Waals surface area contributed by atoms with E-state index in [1.165, 1.54) is 50.7 Å². The smallest absolute Gasteiger partial charge is 0.259 e. The lowest BCUT2D eigenvalue weighted by Gasteiger charge is -2.06. The lowest BCUT2D eigenvalue weighted by atomic mass is 10.1. The number of para-hydroxylation sites is 1. The summed E-state index contributed by atoms with van der Waals surface area (Å²) < 4.78 is 0. The summed E-state index contributed by atoms with van der Waals surface area (Å²) in [6.07, 6.45) is 8.49. The number of hydrogen-bond donors (Lipinski definition) is 3. The second-order valence-corrected chi connectivity index (χ2v) is 5.94. The van der Waals surface area contributed by atoms with E-state index in [0.717, 1.165) is 6.07 Å². The van der Waals surface area contributed by atoms with Crippen LogP contribution in [0.3, 0.4) is 0 Å². The Morgan fingerprint density at radius 2 is 1.48 bits per heavy atom. The van der Waals surface area contributed by atoms with Crippen LogP contribution in [0.5, 0.6) is 11.5 Å². The van der Waals surface area contributed by atoms with Gasteiger partial charge in [0.2, 0.25) is 0 Å². The van der Waals surface area contributed by atoms with Gasteiger partial charge in [-0.05, 0) is 24.3 Å². The number of carbonyl (C=O) groups is 1. The highest BCUT2D eigenvalue weighted by atomic mass is 16.3. The summed E-state index contributed by atoms with van der Waals surface area (Å²) in [5.74, 6) is -0.758. The fourth-order valence-electron chi connectivity index (χ4n) is 2.29. The van der Waals surface area contributed by atoms with E-state index in [0.29, 0.717) is 5.69 Å². The normalized spacial score (nSPS) is 9.84. The summed E-state index contributed by atoms with van der Waals surface area (Å²) in [6, 6.07) is 12.8. The number of aromatic hydroxyl groups is 2. The van der Waals surface area contributed by atoms with Gasteiger partial charge in [0.15, 0.2) is 0 Å². The van der Waals surface area contributed by atoms with E-state index >= 15 is 0 Å². The van der Waals surface area contributed by atoms with Gasteiger partial charge in [0, 0.05) is 11.8 Å². The highest BCUT2D eigenvalue weighted by Crippen LogP contribution is 2.23. The van der Waals surface area contributed by atoms with Gasteiger partial charge in [0.05, 0.1) is 5.56 Å². The van der Waals surface area contributed by atoms with E-state index in [4.69, 9.17) is 5.11 Å². The molecule has 136 valence electrons. The molecule has 4 nitrogen and oxygen atoms in total. The molecule has 0 fully saturated rings. The summed E-state index contributed by atoms with van der Waals surface area (Å²) in [5.41, 5.74) is 0.761. The molecule has 0 atom stereocenters. The van der Waals surface area contributed by atoms with Crippen LogP contribution in [0, 0.1) is 0 Å². The molecule has 0 aliphatic carbocycles. The van der Waals surface area contributed by atoms with Gasteiger partial charge in [0.25, 0.3) is 5.91 Å². The maximum Gasteiger partial charge on any atom is 0.259 e. The van der Waals surface area contributed by atoms with Gasteiger partial charge in [-0.2, -0.15) is 0 Å². The van der Waals surface area contributed by atoms with Crippen molar-refractivity contribution in [2.75, 3.05) is 5.32 Å². The predicted octanol–water partition coefficient (Wildman–Crippen LogP) is 5.72. The minimum atomic E-state index is -0.422. The Kier molecular flexibility index (Phi) is 9.83. The quantitative estimate of drug-likeness (QED) is 0.563. The highest BCUT2D eigenvalue weighted by Gasteiger charge is 2.11. The molecule has 2 aromatic rings. The molecular formula is C21H29NO3. The Bertz CT molecular complexity index is 620. The molecule has 0 aliphatic rings. The number of anilines is 1. The largest absolute Gasteiger partial charge is 0.508 e. The third-order valence-electron chi connectivity index (χ3n) is 3.71. The molecule has 0 saturated heterocycles. The summed E-state index contributed by atoms with van der Waals surface area (Å²) in [4.78, 5) is 11.8. The molecule has 0 aromatic heterocycles. The second-order valence-electron chi connectivity index (χ2n) is 5.94. The van der Waals surface area contributed by atoms with Crippen LogP contribution in [0.25, 0.3) is 0 Å². The van der Waals surface area contributed by atoms with Gasteiger partial charge in [-0.15, -0.1) is 0 Å². The zero-order valence-corrected chi connectivity index (χ0v) is 15.2. The van der Waals surface area contributed by atoms with Crippen LogP contribution in [0.1, 0.15) is 62.7 Å². The number of unbranched alkanes of at least 4 members (excludes halogenated alkanes) is 5. The van der Waals surface area contributed by atoms with Crippen molar-refractivity contribution >= 4 is 11.6 Å². The fraction of sp³-hybridized carbons (Fsp3) is 0.381. The van der Waals surface area contributed by atoms with Crippen LogP contribution in [0.4, 0.5) is 5.69 Å². The van der Waals surface area contributed by atoms with Crippen molar-refractivity contribution in [1.29, 1.82) is 0 Å². The van der Waals surface area contributed by atoms with Gasteiger partial charge >= 0.3 is 0 Å². The summed E-state index contributed by atoms with van der Waals surface area (Å²) >= 11 is 0. The lowest BCUT2D eigenvalue weighted by molar-refractivity contribution is 0.102. The molecular weight excluding hydrogens is 314 g/mol. The first kappa shape index (κ1) is 20.6. The zero-order chi connectivity index (χ0) is 18.5. The maximum absolute atomic E-state index is 11.8. The molecule has 0 saturated carbocycles. The van der Waals surface area contributed by atoms with Crippen molar-refractivity contribution in [3.63, 3.8) is 0 Å². The van der Waals surface area contributed by atoms with E-state index in [1.54, 1.807) is 24.3 Å². The number of nitrogens with one attached hydrogen (secondary N) is 1. The predicted molar refractivity (Wildman–Crippen MR) is 103 cm³/mol. The molecule has 0 aliphatic heterocycles. The van der Waals surface area contributed by atoms with Crippen LogP contribution < -0.4 is 5.32 Å². The number of carbonyl (C=O) groups excluding carboxylic acids is 1. The molecule has 0 bridgehead atoms. The van der Waals surface area contributed by atoms with Gasteiger partial charge in [-0.1, -0.05) is 70.6 Å². The van der Waals surface area contributed by atoms with Crippen LogP contribution in [0.15, 0.2) is 48.5 Å². The highest BCUT2D eigenvalue weighted by molar-refractivity contribution is 6.06. The Hall–Kier alpha value is -2.49. The third kappa shape index (κ3) is 8.25. The van der Waals surface area contributed by atoms with Gasteiger partial charge < -0.3 is 15.5 Å². The van der Waals surface area contributed by atoms with Crippen LogP contribution >= 0.6 is 0 Å². The molecule has 0 heterocycles. The number of phenols is 2. The van der Waals surface area contributed by atoms with Crippen molar-refractivity contribution in [2.24, 2.45) is 0 Å². The van der Waals surface area contributed by atoms with Gasteiger partial charge in [0.1, 0.15) is 11.5 Å². The topological polar surface area (TPSA) is 69.6 Å². The van der Waals surface area contributed by atoms with Gasteiger partial charge in [-0.3, -0.25) is 4.79 Å². The zero-order valence-electron chi connectivity index (χ0n) is 15.2. The molecule has 25 heavy (non-hydrogen) atoms. The van der Waals surface area contributed by atoms with Crippen LogP contribution in [0.2, 0.25) is 0 Å². The Labute approximate surface area is 150 Å². The average Bonchev–Trinajstić information content (AvgIpc) is 2.60. The molecule has 3 N–H and O–H groups in total. The number of hydrogen-bond acceptors (Lipinski definition) is 3. The SMILES string of the molecule is CCCCCCCC.O=C(Nc1ccccc1)c1ccc(O)cc1O.